The molecule has 2 N–H and O–H groups in total. The number of Topliss-reactive ketones (excluding diaryl/α,β-unsaturated/α-hetero) is 2. The van der Waals surface area contributed by atoms with Gasteiger partial charge in [0.25, 0.3) is 0 Å². The van der Waals surface area contributed by atoms with Gasteiger partial charge in [0, 0.05) is 11.6 Å². The Morgan fingerprint density at radius 2 is 1.62 bits per heavy atom. The Bertz CT molecular complexity index is 672. The van der Waals surface area contributed by atoms with E-state index in [9.17, 15) is 19.8 Å². The summed E-state index contributed by atoms with van der Waals surface area (Å²) < 4.78 is 0. The van der Waals surface area contributed by atoms with Crippen LogP contribution in [-0.4, -0.2) is 21.8 Å². The van der Waals surface area contributed by atoms with Gasteiger partial charge in [0.15, 0.2) is 11.6 Å². The number of carbonyl (C=O) groups is 2. The first kappa shape index (κ1) is 14.8. The maximum Gasteiger partial charge on any atom is 0.174 e. The maximum atomic E-state index is 12.1. The van der Waals surface area contributed by atoms with Crippen molar-refractivity contribution in [2.45, 2.75) is 19.8 Å². The third kappa shape index (κ3) is 3.48. The van der Waals surface area contributed by atoms with E-state index in [1.165, 1.54) is 12.1 Å². The van der Waals surface area contributed by atoms with Gasteiger partial charge in [-0.15, -0.1) is 0 Å². The molecule has 0 unspecified atom stereocenters. The molecule has 4 nitrogen and oxygen atoms in total. The molecule has 108 valence electrons. The topological polar surface area (TPSA) is 74.6 Å². The summed E-state index contributed by atoms with van der Waals surface area (Å²) in [5, 5.41) is 18.8. The van der Waals surface area contributed by atoms with Crippen LogP contribution >= 0.6 is 0 Å². The van der Waals surface area contributed by atoms with Crippen molar-refractivity contribution in [1.82, 2.24) is 0 Å². The molecule has 21 heavy (non-hydrogen) atoms. The third-order valence-electron chi connectivity index (χ3n) is 3.29. The Morgan fingerprint density at radius 3 is 2.19 bits per heavy atom. The molecule has 0 saturated carbocycles. The third-order valence-corrected chi connectivity index (χ3v) is 3.29. The fourth-order valence-electron chi connectivity index (χ4n) is 2.03. The minimum atomic E-state index is -0.475. The van der Waals surface area contributed by atoms with Gasteiger partial charge in [-0.05, 0) is 24.1 Å². The van der Waals surface area contributed by atoms with Gasteiger partial charge < -0.3 is 10.2 Å². The van der Waals surface area contributed by atoms with Gasteiger partial charge in [-0.25, -0.2) is 0 Å². The Labute approximate surface area is 122 Å². The van der Waals surface area contributed by atoms with E-state index in [-0.39, 0.29) is 29.3 Å². The number of hydrogen-bond donors (Lipinski definition) is 2. The summed E-state index contributed by atoms with van der Waals surface area (Å²) in [6.07, 6.45) is 0.568. The molecule has 0 aromatic heterocycles. The van der Waals surface area contributed by atoms with Crippen LogP contribution in [0.2, 0.25) is 0 Å². The fourth-order valence-corrected chi connectivity index (χ4v) is 2.03. The second-order valence-corrected chi connectivity index (χ2v) is 4.78. The Balaban J connectivity index is 2.12. The first-order valence-electron chi connectivity index (χ1n) is 6.68. The van der Waals surface area contributed by atoms with Crippen molar-refractivity contribution < 1.29 is 19.8 Å². The summed E-state index contributed by atoms with van der Waals surface area (Å²) in [5.74, 6) is -1.23. The zero-order valence-corrected chi connectivity index (χ0v) is 11.7. The van der Waals surface area contributed by atoms with Crippen molar-refractivity contribution in [3.63, 3.8) is 0 Å². The van der Waals surface area contributed by atoms with Crippen LogP contribution in [0.1, 0.15) is 39.6 Å². The Hall–Kier alpha value is -2.62. The standard InChI is InChI=1S/C17H16O4/c1-2-11-3-5-12(6-4-11)15(19)10-17(21)14-8-7-13(18)9-16(14)20/h3-9,18,20H,2,10H2,1H3. The summed E-state index contributed by atoms with van der Waals surface area (Å²) in [4.78, 5) is 24.1. The normalized spacial score (nSPS) is 10.3. The van der Waals surface area contributed by atoms with Gasteiger partial charge in [0.2, 0.25) is 0 Å². The lowest BCUT2D eigenvalue weighted by atomic mass is 9.99. The second kappa shape index (κ2) is 6.22. The molecule has 0 amide bonds. The van der Waals surface area contributed by atoms with Gasteiger partial charge in [0.1, 0.15) is 11.5 Å². The van der Waals surface area contributed by atoms with E-state index in [4.69, 9.17) is 0 Å². The average Bonchev–Trinajstić information content (AvgIpc) is 2.47. The van der Waals surface area contributed by atoms with Crippen molar-refractivity contribution in [2.75, 3.05) is 0 Å². The van der Waals surface area contributed by atoms with E-state index < -0.39 is 5.78 Å². The molecule has 0 aliphatic rings. The highest BCUT2D eigenvalue weighted by atomic mass is 16.3. The number of hydrogen-bond acceptors (Lipinski definition) is 4. The summed E-state index contributed by atoms with van der Waals surface area (Å²) in [5.41, 5.74) is 1.62. The van der Waals surface area contributed by atoms with E-state index >= 15 is 0 Å². The molecular formula is C17H16O4. The largest absolute Gasteiger partial charge is 0.508 e. The van der Waals surface area contributed by atoms with Crippen LogP contribution in [0.5, 0.6) is 11.5 Å². The molecule has 2 aromatic rings. The molecule has 2 rings (SSSR count). The van der Waals surface area contributed by atoms with Crippen LogP contribution in [0.4, 0.5) is 0 Å². The number of rotatable bonds is 5. The Kier molecular flexibility index (Phi) is 4.38. The Morgan fingerprint density at radius 1 is 0.952 bits per heavy atom. The molecular weight excluding hydrogens is 268 g/mol. The zero-order valence-electron chi connectivity index (χ0n) is 11.7. The van der Waals surface area contributed by atoms with E-state index in [0.29, 0.717) is 5.56 Å². The second-order valence-electron chi connectivity index (χ2n) is 4.78. The number of ketones is 2. The molecule has 0 fully saturated rings. The highest BCUT2D eigenvalue weighted by Crippen LogP contribution is 2.24. The first-order chi connectivity index (χ1) is 10.0. The minimum absolute atomic E-state index is 0.0336. The van der Waals surface area contributed by atoms with Crippen LogP contribution in [0.15, 0.2) is 42.5 Å². The molecule has 0 saturated heterocycles. The van der Waals surface area contributed by atoms with Gasteiger partial charge >= 0.3 is 0 Å². The lowest BCUT2D eigenvalue weighted by Gasteiger charge is -2.05. The lowest BCUT2D eigenvalue weighted by molar-refractivity contribution is 0.0893. The molecule has 0 bridgehead atoms. The SMILES string of the molecule is CCc1ccc(C(=O)CC(=O)c2ccc(O)cc2O)cc1. The summed E-state index contributed by atoms with van der Waals surface area (Å²) in [6.45, 7) is 2.02. The summed E-state index contributed by atoms with van der Waals surface area (Å²) in [7, 11) is 0. The van der Waals surface area contributed by atoms with Crippen LogP contribution in [0, 0.1) is 0 Å². The van der Waals surface area contributed by atoms with E-state index in [1.54, 1.807) is 12.1 Å². The fraction of sp³-hybridized carbons (Fsp3) is 0.176. The van der Waals surface area contributed by atoms with E-state index in [2.05, 4.69) is 0 Å². The van der Waals surface area contributed by atoms with Gasteiger partial charge in [0.05, 0.1) is 12.0 Å². The molecule has 0 atom stereocenters. The van der Waals surface area contributed by atoms with E-state index in [0.717, 1.165) is 18.1 Å². The zero-order chi connectivity index (χ0) is 15.4. The van der Waals surface area contributed by atoms with Crippen molar-refractivity contribution in [3.05, 3.63) is 59.2 Å². The monoisotopic (exact) mass is 284 g/mol. The van der Waals surface area contributed by atoms with Crippen LogP contribution in [0.25, 0.3) is 0 Å². The average molecular weight is 284 g/mol. The number of carbonyl (C=O) groups excluding carboxylic acids is 2. The predicted molar refractivity (Wildman–Crippen MR) is 78.9 cm³/mol. The molecule has 0 aliphatic heterocycles. The van der Waals surface area contributed by atoms with Crippen LogP contribution in [-0.2, 0) is 6.42 Å². The van der Waals surface area contributed by atoms with Crippen molar-refractivity contribution >= 4 is 11.6 Å². The number of benzene rings is 2. The summed E-state index contributed by atoms with van der Waals surface area (Å²) >= 11 is 0. The predicted octanol–water partition coefficient (Wildman–Crippen LogP) is 3.12. The van der Waals surface area contributed by atoms with Crippen molar-refractivity contribution in [2.24, 2.45) is 0 Å². The minimum Gasteiger partial charge on any atom is -0.508 e. The number of aryl methyl sites for hydroxylation is 1. The van der Waals surface area contributed by atoms with Gasteiger partial charge in [-0.1, -0.05) is 31.2 Å². The molecule has 2 aromatic carbocycles. The lowest BCUT2D eigenvalue weighted by Crippen LogP contribution is -2.09. The van der Waals surface area contributed by atoms with E-state index in [1.807, 2.05) is 19.1 Å². The molecule has 0 radical (unpaired) electrons. The van der Waals surface area contributed by atoms with Crippen LogP contribution < -0.4 is 0 Å². The molecule has 0 heterocycles. The first-order valence-corrected chi connectivity index (χ1v) is 6.68. The van der Waals surface area contributed by atoms with Crippen molar-refractivity contribution in [3.8, 4) is 11.5 Å². The number of aromatic hydroxyl groups is 2. The molecule has 4 heteroatoms. The van der Waals surface area contributed by atoms with Gasteiger partial charge in [-0.3, -0.25) is 9.59 Å². The van der Waals surface area contributed by atoms with Crippen molar-refractivity contribution in [1.29, 1.82) is 0 Å². The molecule has 0 aliphatic carbocycles. The number of phenols is 2. The highest BCUT2D eigenvalue weighted by Gasteiger charge is 2.16. The quantitative estimate of drug-likeness (QED) is 0.653. The smallest absolute Gasteiger partial charge is 0.174 e. The summed E-state index contributed by atoms with van der Waals surface area (Å²) in [6, 6.07) is 10.8. The highest BCUT2D eigenvalue weighted by molar-refractivity contribution is 6.14. The maximum absolute atomic E-state index is 12.1. The van der Waals surface area contributed by atoms with Gasteiger partial charge in [-0.2, -0.15) is 0 Å². The molecule has 0 spiro atoms. The van der Waals surface area contributed by atoms with Crippen LogP contribution in [0.3, 0.4) is 0 Å². The number of phenolic OH excluding ortho intramolecular Hbond substituents is 2.